The molecule has 4 heteroatoms. The molecule has 0 amide bonds. The molecule has 0 aliphatic heterocycles. The first kappa shape index (κ1) is 22.5. The van der Waals surface area contributed by atoms with Crippen LogP contribution in [-0.2, 0) is 17.7 Å². The van der Waals surface area contributed by atoms with Crippen LogP contribution in [0.25, 0.3) is 10.9 Å². The summed E-state index contributed by atoms with van der Waals surface area (Å²) in [6.45, 7) is 3.62. The number of rotatable bonds is 12. The van der Waals surface area contributed by atoms with Gasteiger partial charge in [-0.3, -0.25) is 0 Å². The van der Waals surface area contributed by atoms with Gasteiger partial charge >= 0.3 is 5.97 Å². The number of benzene rings is 2. The van der Waals surface area contributed by atoms with Crippen LogP contribution >= 0.6 is 12.6 Å². The van der Waals surface area contributed by atoms with Gasteiger partial charge in [0.25, 0.3) is 0 Å². The Labute approximate surface area is 185 Å². The molecule has 3 aromatic rings. The van der Waals surface area contributed by atoms with E-state index in [9.17, 15) is 4.79 Å². The van der Waals surface area contributed by atoms with Gasteiger partial charge < -0.3 is 9.30 Å². The number of unbranched alkanes of at least 4 members (excludes halogenated alkanes) is 5. The van der Waals surface area contributed by atoms with Crippen LogP contribution < -0.4 is 0 Å². The smallest absolute Gasteiger partial charge is 0.338 e. The molecular weight excluding hydrogens is 390 g/mol. The number of aromatic nitrogens is 1. The highest BCUT2D eigenvalue weighted by Gasteiger charge is 2.15. The minimum absolute atomic E-state index is 0.268. The zero-order chi connectivity index (χ0) is 21.2. The molecule has 0 aliphatic rings. The zero-order valence-electron chi connectivity index (χ0n) is 18.0. The number of hydrogen-bond donors (Lipinski definition) is 1. The quantitative estimate of drug-likeness (QED) is 0.200. The van der Waals surface area contributed by atoms with E-state index in [1.165, 1.54) is 55.0 Å². The standard InChI is InChI=1S/C26H33NO2S/c1-2-3-4-5-6-11-16-27-20-22(23-13-9-10-15-25(23)27)19-21-12-7-8-14-24(21)26(28)29-17-18-30/h7-10,12-15,20,30H,2-6,11,16-19H2,1H3. The number of carbonyl (C=O) groups is 1. The summed E-state index contributed by atoms with van der Waals surface area (Å²) < 4.78 is 7.70. The monoisotopic (exact) mass is 423 g/mol. The van der Waals surface area contributed by atoms with Crippen LogP contribution in [-0.4, -0.2) is 22.9 Å². The number of carbonyl (C=O) groups excluding carboxylic acids is 1. The third kappa shape index (κ3) is 5.91. The van der Waals surface area contributed by atoms with Crippen molar-refractivity contribution in [1.29, 1.82) is 0 Å². The van der Waals surface area contributed by atoms with E-state index in [1.807, 2.05) is 24.3 Å². The van der Waals surface area contributed by atoms with Crippen molar-refractivity contribution in [2.75, 3.05) is 12.4 Å². The first-order valence-corrected chi connectivity index (χ1v) is 11.8. The van der Waals surface area contributed by atoms with Gasteiger partial charge in [-0.2, -0.15) is 12.6 Å². The number of hydrogen-bond acceptors (Lipinski definition) is 3. The second-order valence-corrected chi connectivity index (χ2v) is 8.27. The van der Waals surface area contributed by atoms with Gasteiger partial charge in [0.15, 0.2) is 0 Å². The molecule has 0 unspecified atom stereocenters. The zero-order valence-corrected chi connectivity index (χ0v) is 18.9. The maximum Gasteiger partial charge on any atom is 0.338 e. The molecule has 160 valence electrons. The van der Waals surface area contributed by atoms with Crippen molar-refractivity contribution in [2.45, 2.75) is 58.4 Å². The van der Waals surface area contributed by atoms with Gasteiger partial charge in [-0.15, -0.1) is 0 Å². The molecule has 3 rings (SSSR count). The molecule has 0 radical (unpaired) electrons. The Morgan fingerprint density at radius 3 is 2.50 bits per heavy atom. The number of para-hydroxylation sites is 1. The molecule has 0 bridgehead atoms. The number of aryl methyl sites for hydroxylation is 1. The molecule has 2 aromatic carbocycles. The van der Waals surface area contributed by atoms with Gasteiger partial charge in [-0.25, -0.2) is 4.79 Å². The summed E-state index contributed by atoms with van der Waals surface area (Å²) >= 11 is 4.13. The lowest BCUT2D eigenvalue weighted by Crippen LogP contribution is -2.10. The van der Waals surface area contributed by atoms with Gasteiger partial charge in [-0.05, 0) is 29.7 Å². The second kappa shape index (κ2) is 11.8. The Hall–Kier alpha value is -2.20. The van der Waals surface area contributed by atoms with Crippen molar-refractivity contribution >= 4 is 29.5 Å². The summed E-state index contributed by atoms with van der Waals surface area (Å²) in [5, 5.41) is 1.27. The van der Waals surface area contributed by atoms with Crippen molar-refractivity contribution in [3.63, 3.8) is 0 Å². The number of ether oxygens (including phenoxy) is 1. The Bertz CT molecular complexity index is 947. The molecular formula is C26H33NO2S. The predicted octanol–water partition coefficient (Wildman–Crippen LogP) is 6.68. The summed E-state index contributed by atoms with van der Waals surface area (Å²) in [5.41, 5.74) is 4.18. The molecule has 30 heavy (non-hydrogen) atoms. The van der Waals surface area contributed by atoms with E-state index in [1.54, 1.807) is 0 Å². The maximum atomic E-state index is 12.5. The van der Waals surface area contributed by atoms with Gasteiger partial charge in [0.1, 0.15) is 6.61 Å². The summed E-state index contributed by atoms with van der Waals surface area (Å²) in [7, 11) is 0. The van der Waals surface area contributed by atoms with Crippen molar-refractivity contribution in [3.8, 4) is 0 Å². The third-order valence-electron chi connectivity index (χ3n) is 5.57. The molecule has 1 aromatic heterocycles. The number of esters is 1. The first-order chi connectivity index (χ1) is 14.7. The van der Waals surface area contributed by atoms with Crippen LogP contribution in [0.4, 0.5) is 0 Å². The average Bonchev–Trinajstić information content (AvgIpc) is 3.12. The van der Waals surface area contributed by atoms with Crippen molar-refractivity contribution in [3.05, 3.63) is 71.4 Å². The summed E-state index contributed by atoms with van der Waals surface area (Å²) in [6.07, 6.45) is 10.8. The summed E-state index contributed by atoms with van der Waals surface area (Å²) in [4.78, 5) is 12.5. The topological polar surface area (TPSA) is 31.2 Å². The summed E-state index contributed by atoms with van der Waals surface area (Å²) in [5.74, 6) is 0.260. The highest BCUT2D eigenvalue weighted by Crippen LogP contribution is 2.26. The van der Waals surface area contributed by atoms with Gasteiger partial charge in [0.2, 0.25) is 0 Å². The second-order valence-electron chi connectivity index (χ2n) is 7.83. The predicted molar refractivity (Wildman–Crippen MR) is 129 cm³/mol. The highest BCUT2D eigenvalue weighted by atomic mass is 32.1. The fourth-order valence-electron chi connectivity index (χ4n) is 4.01. The molecule has 1 heterocycles. The SMILES string of the molecule is CCCCCCCCn1cc(Cc2ccccc2C(=O)OCCS)c2ccccc21. The van der Waals surface area contributed by atoms with Crippen molar-refractivity contribution < 1.29 is 9.53 Å². The van der Waals surface area contributed by atoms with Crippen LogP contribution in [0, 0.1) is 0 Å². The van der Waals surface area contributed by atoms with Gasteiger partial charge in [0.05, 0.1) is 5.56 Å². The molecule has 0 saturated carbocycles. The third-order valence-corrected chi connectivity index (χ3v) is 5.75. The van der Waals surface area contributed by atoms with Crippen molar-refractivity contribution in [1.82, 2.24) is 4.57 Å². The Kier molecular flexibility index (Phi) is 8.88. The minimum Gasteiger partial charge on any atom is -0.461 e. The van der Waals surface area contributed by atoms with Gasteiger partial charge in [-0.1, -0.05) is 75.4 Å². The van der Waals surface area contributed by atoms with Crippen LogP contribution in [0.3, 0.4) is 0 Å². The number of thiol groups is 1. The minimum atomic E-state index is -0.268. The lowest BCUT2D eigenvalue weighted by atomic mass is 9.99. The van der Waals surface area contributed by atoms with Crippen LogP contribution in [0.15, 0.2) is 54.7 Å². The Morgan fingerprint density at radius 2 is 1.67 bits per heavy atom. The van der Waals surface area contributed by atoms with Crippen molar-refractivity contribution in [2.24, 2.45) is 0 Å². The summed E-state index contributed by atoms with van der Waals surface area (Å²) in [6, 6.07) is 16.3. The van der Waals surface area contributed by atoms with Gasteiger partial charge in [0, 0.05) is 35.8 Å². The van der Waals surface area contributed by atoms with E-state index < -0.39 is 0 Å². The maximum absolute atomic E-state index is 12.5. The molecule has 0 aliphatic carbocycles. The van der Waals surface area contributed by atoms with E-state index in [4.69, 9.17) is 4.74 Å². The fraction of sp³-hybridized carbons (Fsp3) is 0.423. The van der Waals surface area contributed by atoms with E-state index in [2.05, 4.69) is 54.6 Å². The number of nitrogens with zero attached hydrogens (tertiary/aromatic N) is 1. The molecule has 0 saturated heterocycles. The highest BCUT2D eigenvalue weighted by molar-refractivity contribution is 7.80. The molecule has 0 spiro atoms. The molecule has 0 fully saturated rings. The van der Waals surface area contributed by atoms with E-state index in [0.717, 1.165) is 18.5 Å². The van der Waals surface area contributed by atoms with Crippen LogP contribution in [0.2, 0.25) is 0 Å². The first-order valence-electron chi connectivity index (χ1n) is 11.2. The number of fused-ring (bicyclic) bond motifs is 1. The van der Waals surface area contributed by atoms with E-state index in [-0.39, 0.29) is 5.97 Å². The fourth-order valence-corrected chi connectivity index (χ4v) is 4.10. The van der Waals surface area contributed by atoms with Crippen LogP contribution in [0.1, 0.15) is 66.9 Å². The van der Waals surface area contributed by atoms with E-state index in [0.29, 0.717) is 17.9 Å². The lowest BCUT2D eigenvalue weighted by molar-refractivity contribution is 0.0529. The Morgan fingerprint density at radius 1 is 0.933 bits per heavy atom. The molecule has 0 atom stereocenters. The molecule has 0 N–H and O–H groups in total. The van der Waals surface area contributed by atoms with E-state index >= 15 is 0 Å². The normalized spacial score (nSPS) is 11.1. The largest absolute Gasteiger partial charge is 0.461 e. The molecule has 3 nitrogen and oxygen atoms in total. The Balaban J connectivity index is 1.76. The lowest BCUT2D eigenvalue weighted by Gasteiger charge is -2.09. The van der Waals surface area contributed by atoms with Crippen LogP contribution in [0.5, 0.6) is 0 Å². The average molecular weight is 424 g/mol.